The average Bonchev–Trinajstić information content (AvgIpc) is 3.15. The van der Waals surface area contributed by atoms with Gasteiger partial charge < -0.3 is 14.9 Å². The summed E-state index contributed by atoms with van der Waals surface area (Å²) in [7, 11) is 0. The molecular weight excluding hydrogens is 342 g/mol. The molecule has 0 aliphatic carbocycles. The number of nitrogens with zero attached hydrogens (tertiary/aromatic N) is 3. The zero-order chi connectivity index (χ0) is 18.4. The van der Waals surface area contributed by atoms with E-state index in [0.717, 1.165) is 16.9 Å². The van der Waals surface area contributed by atoms with Gasteiger partial charge in [-0.2, -0.15) is 5.10 Å². The number of para-hydroxylation sites is 1. The number of aromatic nitrogens is 1. The van der Waals surface area contributed by atoms with Gasteiger partial charge in [0.2, 0.25) is 6.23 Å². The predicted octanol–water partition coefficient (Wildman–Crippen LogP) is 3.74. The van der Waals surface area contributed by atoms with E-state index in [1.807, 2.05) is 41.4 Å². The lowest BCUT2D eigenvalue weighted by atomic mass is 9.95. The minimum absolute atomic E-state index is 0.0168. The van der Waals surface area contributed by atoms with Crippen molar-refractivity contribution in [2.45, 2.75) is 18.7 Å². The summed E-state index contributed by atoms with van der Waals surface area (Å²) in [6.07, 6.45) is 3.69. The maximum Gasteiger partial charge on any atom is 0.215 e. The first-order chi connectivity index (χ1) is 13.2. The molecule has 0 saturated carbocycles. The van der Waals surface area contributed by atoms with E-state index in [0.29, 0.717) is 17.7 Å². The molecule has 2 atom stereocenters. The van der Waals surface area contributed by atoms with Crippen molar-refractivity contribution in [1.82, 2.24) is 9.99 Å². The fraction of sp³-hybridized carbons (Fsp3) is 0.143. The predicted molar refractivity (Wildman–Crippen MR) is 99.6 cm³/mol. The molecule has 2 aliphatic rings. The quantitative estimate of drug-likeness (QED) is 0.682. The smallest absolute Gasteiger partial charge is 0.215 e. The van der Waals surface area contributed by atoms with Crippen molar-refractivity contribution in [2.75, 3.05) is 0 Å². The highest BCUT2D eigenvalue weighted by Crippen LogP contribution is 2.47. The molecule has 0 radical (unpaired) electrons. The monoisotopic (exact) mass is 359 g/mol. The van der Waals surface area contributed by atoms with E-state index in [-0.39, 0.29) is 17.5 Å². The molecule has 1 aromatic heterocycles. The number of ether oxygens (including phenoxy) is 1. The number of phenols is 2. The van der Waals surface area contributed by atoms with Crippen molar-refractivity contribution < 1.29 is 14.9 Å². The second-order valence-electron chi connectivity index (χ2n) is 6.64. The standard InChI is InChI=1S/C21H17N3O3/c25-14-7-8-19(26)16(10-14)17-11-18-15-5-1-2-6-20(15)27-21(24(18)23-17)13-4-3-9-22-12-13/h1-10,12,18,21,25-26H,11H2/t18-,21-/m0/s1. The highest BCUT2D eigenvalue weighted by Gasteiger charge is 2.41. The van der Waals surface area contributed by atoms with Crippen LogP contribution in [-0.4, -0.2) is 25.9 Å². The maximum atomic E-state index is 10.3. The average molecular weight is 359 g/mol. The molecule has 0 unspecified atom stereocenters. The minimum Gasteiger partial charge on any atom is -0.508 e. The Labute approximate surface area is 156 Å². The first kappa shape index (κ1) is 15.7. The molecule has 2 aromatic carbocycles. The maximum absolute atomic E-state index is 10.3. The van der Waals surface area contributed by atoms with E-state index >= 15 is 0 Å². The van der Waals surface area contributed by atoms with Crippen LogP contribution in [0.3, 0.4) is 0 Å². The van der Waals surface area contributed by atoms with Gasteiger partial charge in [-0.3, -0.25) is 4.98 Å². The van der Waals surface area contributed by atoms with E-state index in [9.17, 15) is 10.2 Å². The number of benzene rings is 2. The van der Waals surface area contributed by atoms with Crippen molar-refractivity contribution in [3.63, 3.8) is 0 Å². The van der Waals surface area contributed by atoms with E-state index in [1.54, 1.807) is 18.5 Å². The van der Waals surface area contributed by atoms with E-state index in [2.05, 4.69) is 4.98 Å². The Bertz CT molecular complexity index is 1040. The first-order valence-electron chi connectivity index (χ1n) is 8.74. The fourth-order valence-electron chi connectivity index (χ4n) is 3.69. The Morgan fingerprint density at radius 2 is 1.93 bits per heavy atom. The Morgan fingerprint density at radius 1 is 1.04 bits per heavy atom. The molecule has 6 nitrogen and oxygen atoms in total. The van der Waals surface area contributed by atoms with Crippen LogP contribution in [0.2, 0.25) is 0 Å². The Balaban J connectivity index is 1.62. The second kappa shape index (κ2) is 6.02. The van der Waals surface area contributed by atoms with Crippen LogP contribution >= 0.6 is 0 Å². The van der Waals surface area contributed by atoms with Gasteiger partial charge >= 0.3 is 0 Å². The number of hydrogen-bond acceptors (Lipinski definition) is 6. The number of aromatic hydroxyl groups is 2. The molecule has 5 rings (SSSR count). The third kappa shape index (κ3) is 2.57. The summed E-state index contributed by atoms with van der Waals surface area (Å²) in [5.41, 5.74) is 3.20. The molecule has 27 heavy (non-hydrogen) atoms. The van der Waals surface area contributed by atoms with Crippen LogP contribution in [-0.2, 0) is 0 Å². The largest absolute Gasteiger partial charge is 0.508 e. The SMILES string of the molecule is Oc1ccc(O)c(C2=NN3[C@@H](C2)c2ccccc2O[C@H]3c2cccnc2)c1. The van der Waals surface area contributed by atoms with Gasteiger partial charge in [0, 0.05) is 35.5 Å². The van der Waals surface area contributed by atoms with Crippen molar-refractivity contribution in [3.8, 4) is 17.2 Å². The second-order valence-corrected chi connectivity index (χ2v) is 6.64. The lowest BCUT2D eigenvalue weighted by Crippen LogP contribution is -2.33. The van der Waals surface area contributed by atoms with Gasteiger partial charge in [0.1, 0.15) is 17.2 Å². The number of hydrazone groups is 1. The Hall–Kier alpha value is -3.54. The van der Waals surface area contributed by atoms with E-state index in [4.69, 9.17) is 9.84 Å². The molecule has 0 amide bonds. The van der Waals surface area contributed by atoms with Gasteiger partial charge in [-0.25, -0.2) is 5.01 Å². The van der Waals surface area contributed by atoms with Crippen molar-refractivity contribution in [1.29, 1.82) is 0 Å². The topological polar surface area (TPSA) is 78.2 Å². The van der Waals surface area contributed by atoms with Crippen LogP contribution in [0.5, 0.6) is 17.2 Å². The molecule has 0 fully saturated rings. The van der Waals surface area contributed by atoms with Crippen molar-refractivity contribution >= 4 is 5.71 Å². The van der Waals surface area contributed by atoms with Gasteiger partial charge in [0.25, 0.3) is 0 Å². The summed E-state index contributed by atoms with van der Waals surface area (Å²) in [6, 6.07) is 16.2. The van der Waals surface area contributed by atoms with Crippen LogP contribution in [0, 0.1) is 0 Å². The minimum atomic E-state index is -0.407. The van der Waals surface area contributed by atoms with E-state index in [1.165, 1.54) is 12.1 Å². The van der Waals surface area contributed by atoms with Gasteiger partial charge in [0.15, 0.2) is 0 Å². The Morgan fingerprint density at radius 3 is 2.78 bits per heavy atom. The zero-order valence-corrected chi connectivity index (χ0v) is 14.4. The third-order valence-electron chi connectivity index (χ3n) is 4.96. The fourth-order valence-corrected chi connectivity index (χ4v) is 3.69. The summed E-state index contributed by atoms with van der Waals surface area (Å²) < 4.78 is 6.24. The van der Waals surface area contributed by atoms with Crippen LogP contribution in [0.15, 0.2) is 72.1 Å². The van der Waals surface area contributed by atoms with Gasteiger partial charge in [-0.15, -0.1) is 0 Å². The summed E-state index contributed by atoms with van der Waals surface area (Å²) >= 11 is 0. The molecule has 3 heterocycles. The molecule has 2 aliphatic heterocycles. The number of phenolic OH excluding ortho intramolecular Hbond substituents is 2. The normalized spacial score (nSPS) is 20.4. The highest BCUT2D eigenvalue weighted by molar-refractivity contribution is 6.04. The summed E-state index contributed by atoms with van der Waals surface area (Å²) in [6.45, 7) is 0. The summed E-state index contributed by atoms with van der Waals surface area (Å²) in [5, 5.41) is 26.8. The number of pyridine rings is 1. The molecular formula is C21H17N3O3. The van der Waals surface area contributed by atoms with Crippen molar-refractivity contribution in [2.24, 2.45) is 5.10 Å². The van der Waals surface area contributed by atoms with Gasteiger partial charge in [-0.05, 0) is 30.3 Å². The lowest BCUT2D eigenvalue weighted by Gasteiger charge is -2.38. The third-order valence-corrected chi connectivity index (χ3v) is 4.96. The lowest BCUT2D eigenvalue weighted by molar-refractivity contribution is -0.0192. The molecule has 0 spiro atoms. The van der Waals surface area contributed by atoms with Gasteiger partial charge in [-0.1, -0.05) is 24.3 Å². The van der Waals surface area contributed by atoms with E-state index < -0.39 is 6.23 Å². The van der Waals surface area contributed by atoms with Crippen LogP contribution < -0.4 is 4.74 Å². The van der Waals surface area contributed by atoms with Gasteiger partial charge in [0.05, 0.1) is 11.8 Å². The number of rotatable bonds is 2. The van der Waals surface area contributed by atoms with Crippen LogP contribution in [0.1, 0.15) is 35.4 Å². The molecule has 2 N–H and O–H groups in total. The molecule has 0 bridgehead atoms. The molecule has 3 aromatic rings. The highest BCUT2D eigenvalue weighted by atomic mass is 16.5. The number of hydrogen-bond donors (Lipinski definition) is 2. The first-order valence-corrected chi connectivity index (χ1v) is 8.74. The van der Waals surface area contributed by atoms with Crippen LogP contribution in [0.25, 0.3) is 0 Å². The summed E-state index contributed by atoms with van der Waals surface area (Å²) in [5.74, 6) is 1.01. The molecule has 6 heteroatoms. The molecule has 134 valence electrons. The number of fused-ring (bicyclic) bond motifs is 3. The zero-order valence-electron chi connectivity index (χ0n) is 14.4. The van der Waals surface area contributed by atoms with Crippen molar-refractivity contribution in [3.05, 3.63) is 83.7 Å². The van der Waals surface area contributed by atoms with Crippen LogP contribution in [0.4, 0.5) is 0 Å². The molecule has 0 saturated heterocycles. The summed E-state index contributed by atoms with van der Waals surface area (Å²) in [4.78, 5) is 4.20. The Kier molecular flexibility index (Phi) is 3.50.